The van der Waals surface area contributed by atoms with Crippen molar-refractivity contribution in [1.29, 1.82) is 0 Å². The van der Waals surface area contributed by atoms with Crippen molar-refractivity contribution in [2.45, 2.75) is 12.8 Å². The Labute approximate surface area is 123 Å². The Hall–Kier alpha value is -1.94. The minimum Gasteiger partial charge on any atom is -0.389 e. The summed E-state index contributed by atoms with van der Waals surface area (Å²) in [6, 6.07) is 12.9. The zero-order chi connectivity index (χ0) is 14.1. The van der Waals surface area contributed by atoms with E-state index in [9.17, 15) is 4.39 Å². The molecule has 0 fully saturated rings. The van der Waals surface area contributed by atoms with E-state index in [4.69, 9.17) is 18.0 Å². The topological polar surface area (TPSA) is 29.3 Å². The number of thiocarbonyl (C=S) groups is 1. The first kappa shape index (κ1) is 13.1. The Bertz CT molecular complexity index is 669. The molecule has 2 nitrogen and oxygen atoms in total. The summed E-state index contributed by atoms with van der Waals surface area (Å²) in [5.74, 6) is -0.318. The van der Waals surface area contributed by atoms with E-state index in [2.05, 4.69) is 17.0 Å². The molecule has 0 bridgehead atoms. The van der Waals surface area contributed by atoms with Crippen molar-refractivity contribution in [1.82, 2.24) is 0 Å². The van der Waals surface area contributed by atoms with Gasteiger partial charge in [-0.2, -0.15) is 0 Å². The van der Waals surface area contributed by atoms with E-state index in [1.54, 1.807) is 6.07 Å². The first-order valence-corrected chi connectivity index (χ1v) is 7.02. The van der Waals surface area contributed by atoms with E-state index < -0.39 is 0 Å². The van der Waals surface area contributed by atoms with Crippen LogP contribution >= 0.6 is 12.2 Å². The molecule has 0 atom stereocenters. The first-order valence-electron chi connectivity index (χ1n) is 6.61. The molecule has 1 heterocycles. The first-order chi connectivity index (χ1) is 9.66. The molecule has 102 valence electrons. The summed E-state index contributed by atoms with van der Waals surface area (Å²) in [6.45, 7) is 0.887. The van der Waals surface area contributed by atoms with Gasteiger partial charge in [0.15, 0.2) is 0 Å². The van der Waals surface area contributed by atoms with Crippen LogP contribution in [0, 0.1) is 5.82 Å². The third kappa shape index (κ3) is 2.27. The van der Waals surface area contributed by atoms with Crippen molar-refractivity contribution < 1.29 is 4.39 Å². The van der Waals surface area contributed by atoms with Crippen LogP contribution in [0.3, 0.4) is 0 Å². The highest BCUT2D eigenvalue weighted by atomic mass is 32.1. The predicted molar refractivity (Wildman–Crippen MR) is 84.1 cm³/mol. The number of anilines is 2. The minimum absolute atomic E-state index is 0.225. The Balaban J connectivity index is 2.13. The zero-order valence-corrected chi connectivity index (χ0v) is 11.8. The van der Waals surface area contributed by atoms with Crippen molar-refractivity contribution in [3.63, 3.8) is 0 Å². The summed E-state index contributed by atoms with van der Waals surface area (Å²) in [5, 5.41) is 0. The standard InChI is InChI=1S/C16H15FN2S/c17-12-7-8-15(13(10-12)16(18)20)19-9-3-5-11-4-1-2-6-14(11)19/h1-2,4,6-8,10H,3,5,9H2,(H2,18,20). The van der Waals surface area contributed by atoms with Crippen LogP contribution < -0.4 is 10.6 Å². The molecule has 0 saturated heterocycles. The second-order valence-corrected chi connectivity index (χ2v) is 5.35. The van der Waals surface area contributed by atoms with Crippen LogP contribution in [0.25, 0.3) is 0 Å². The average Bonchev–Trinajstić information content (AvgIpc) is 2.46. The largest absolute Gasteiger partial charge is 0.389 e. The molecule has 0 aliphatic carbocycles. The Morgan fingerprint density at radius 1 is 1.15 bits per heavy atom. The lowest BCUT2D eigenvalue weighted by molar-refractivity contribution is 0.627. The maximum Gasteiger partial charge on any atom is 0.124 e. The van der Waals surface area contributed by atoms with E-state index in [-0.39, 0.29) is 10.8 Å². The van der Waals surface area contributed by atoms with E-state index in [0.29, 0.717) is 5.56 Å². The second-order valence-electron chi connectivity index (χ2n) is 4.91. The number of halogens is 1. The molecule has 1 aliphatic heterocycles. The fourth-order valence-corrected chi connectivity index (χ4v) is 2.89. The lowest BCUT2D eigenvalue weighted by atomic mass is 10.00. The van der Waals surface area contributed by atoms with Crippen molar-refractivity contribution in [3.8, 4) is 0 Å². The van der Waals surface area contributed by atoms with E-state index in [1.165, 1.54) is 17.7 Å². The van der Waals surface area contributed by atoms with Crippen molar-refractivity contribution in [3.05, 3.63) is 59.4 Å². The van der Waals surface area contributed by atoms with E-state index >= 15 is 0 Å². The van der Waals surface area contributed by atoms with Crippen LogP contribution in [0.15, 0.2) is 42.5 Å². The zero-order valence-electron chi connectivity index (χ0n) is 11.0. The molecule has 0 spiro atoms. The number of aryl methyl sites for hydroxylation is 1. The highest BCUT2D eigenvalue weighted by molar-refractivity contribution is 7.80. The van der Waals surface area contributed by atoms with Gasteiger partial charge in [-0.3, -0.25) is 0 Å². The highest BCUT2D eigenvalue weighted by Gasteiger charge is 2.21. The second kappa shape index (κ2) is 5.21. The molecule has 0 amide bonds. The quantitative estimate of drug-likeness (QED) is 0.856. The number of hydrogen-bond acceptors (Lipinski definition) is 2. The number of fused-ring (bicyclic) bond motifs is 1. The maximum atomic E-state index is 13.4. The van der Waals surface area contributed by atoms with Crippen LogP contribution in [0.1, 0.15) is 17.5 Å². The van der Waals surface area contributed by atoms with Gasteiger partial charge in [-0.25, -0.2) is 4.39 Å². The smallest absolute Gasteiger partial charge is 0.124 e. The molecular formula is C16H15FN2S. The molecule has 0 radical (unpaired) electrons. The number of nitrogens with two attached hydrogens (primary N) is 1. The maximum absolute atomic E-state index is 13.4. The van der Waals surface area contributed by atoms with Gasteiger partial charge in [0.05, 0.1) is 5.69 Å². The summed E-state index contributed by atoms with van der Waals surface area (Å²) in [7, 11) is 0. The van der Waals surface area contributed by atoms with Crippen LogP contribution in [0.4, 0.5) is 15.8 Å². The van der Waals surface area contributed by atoms with Crippen molar-refractivity contribution in [2.75, 3.05) is 11.4 Å². The fourth-order valence-electron chi connectivity index (χ4n) is 2.72. The molecule has 2 N–H and O–H groups in total. The van der Waals surface area contributed by atoms with E-state index in [1.807, 2.05) is 12.1 Å². The van der Waals surface area contributed by atoms with Crippen molar-refractivity contribution in [2.24, 2.45) is 5.73 Å². The van der Waals surface area contributed by atoms with Gasteiger partial charge in [-0.05, 0) is 42.7 Å². The van der Waals surface area contributed by atoms with Gasteiger partial charge < -0.3 is 10.6 Å². The Morgan fingerprint density at radius 2 is 1.95 bits per heavy atom. The summed E-state index contributed by atoms with van der Waals surface area (Å²) >= 11 is 5.06. The van der Waals surface area contributed by atoms with Crippen molar-refractivity contribution >= 4 is 28.6 Å². The highest BCUT2D eigenvalue weighted by Crippen LogP contribution is 2.35. The summed E-state index contributed by atoms with van der Waals surface area (Å²) in [6.07, 6.45) is 2.13. The number of nitrogens with zero attached hydrogens (tertiary/aromatic N) is 1. The average molecular weight is 286 g/mol. The monoisotopic (exact) mass is 286 g/mol. The van der Waals surface area contributed by atoms with Crippen LogP contribution in [0.5, 0.6) is 0 Å². The van der Waals surface area contributed by atoms with Gasteiger partial charge in [0.25, 0.3) is 0 Å². The molecule has 20 heavy (non-hydrogen) atoms. The van der Waals surface area contributed by atoms with Crippen LogP contribution in [0.2, 0.25) is 0 Å². The Kier molecular flexibility index (Phi) is 3.40. The minimum atomic E-state index is -0.318. The normalized spacial score (nSPS) is 13.9. The molecule has 0 unspecified atom stereocenters. The molecule has 4 heteroatoms. The van der Waals surface area contributed by atoms with Gasteiger partial charge >= 0.3 is 0 Å². The van der Waals surface area contributed by atoms with Crippen LogP contribution in [-0.2, 0) is 6.42 Å². The third-order valence-corrected chi connectivity index (χ3v) is 3.85. The SMILES string of the molecule is NC(=S)c1cc(F)ccc1N1CCCc2ccccc21. The number of rotatable bonds is 2. The van der Waals surface area contributed by atoms with Gasteiger partial charge in [-0.15, -0.1) is 0 Å². The molecule has 2 aromatic carbocycles. The lowest BCUT2D eigenvalue weighted by Gasteiger charge is -2.32. The number of benzene rings is 2. The van der Waals surface area contributed by atoms with Gasteiger partial charge in [0.1, 0.15) is 10.8 Å². The van der Waals surface area contributed by atoms with Gasteiger partial charge in [-0.1, -0.05) is 30.4 Å². The fraction of sp³-hybridized carbons (Fsp3) is 0.188. The lowest BCUT2D eigenvalue weighted by Crippen LogP contribution is -2.27. The number of para-hydroxylation sites is 1. The van der Waals surface area contributed by atoms with E-state index in [0.717, 1.165) is 30.8 Å². The predicted octanol–water partition coefficient (Wildman–Crippen LogP) is 3.54. The summed E-state index contributed by atoms with van der Waals surface area (Å²) < 4.78 is 13.4. The molecule has 0 saturated carbocycles. The molecule has 2 aromatic rings. The Morgan fingerprint density at radius 3 is 2.75 bits per heavy atom. The van der Waals surface area contributed by atoms with Gasteiger partial charge in [0.2, 0.25) is 0 Å². The summed E-state index contributed by atoms with van der Waals surface area (Å²) in [4.78, 5) is 2.40. The molecule has 0 aromatic heterocycles. The molecule has 1 aliphatic rings. The van der Waals surface area contributed by atoms with Crippen LogP contribution in [-0.4, -0.2) is 11.5 Å². The molecular weight excluding hydrogens is 271 g/mol. The summed E-state index contributed by atoms with van der Waals surface area (Å²) in [5.41, 5.74) is 9.68. The molecule has 3 rings (SSSR count). The van der Waals surface area contributed by atoms with Gasteiger partial charge in [0, 0.05) is 17.8 Å². The number of hydrogen-bond donors (Lipinski definition) is 1. The third-order valence-electron chi connectivity index (χ3n) is 3.63.